The highest BCUT2D eigenvalue weighted by Gasteiger charge is 2.24. The van der Waals surface area contributed by atoms with E-state index >= 15 is 0 Å². The lowest BCUT2D eigenvalue weighted by Crippen LogP contribution is -2.37. The Morgan fingerprint density at radius 2 is 2.10 bits per heavy atom. The number of amides is 1. The highest BCUT2D eigenvalue weighted by Crippen LogP contribution is 2.34. The van der Waals surface area contributed by atoms with Crippen LogP contribution in [0.15, 0.2) is 35.6 Å². The van der Waals surface area contributed by atoms with Crippen molar-refractivity contribution >= 4 is 39.2 Å². The normalized spacial score (nSPS) is 15.3. The van der Waals surface area contributed by atoms with Gasteiger partial charge in [-0.25, -0.2) is 9.97 Å². The summed E-state index contributed by atoms with van der Waals surface area (Å²) in [6.45, 7) is 6.89. The van der Waals surface area contributed by atoms with Gasteiger partial charge in [0.2, 0.25) is 5.91 Å². The van der Waals surface area contributed by atoms with Crippen LogP contribution < -0.4 is 10.1 Å². The standard InChI is InChI=1S/C23H28N4O2S2/c1-15-16(2)31-23-21(15)22(25-14-26-23)30-13-20(28)24-12-19(27-9-4-5-10-27)17-7-6-8-18(11-17)29-3/h6-8,11,14,19H,4-5,9-10,12-13H2,1-3H3,(H,24,28). The number of fused-ring (bicyclic) bond motifs is 1. The van der Waals surface area contributed by atoms with Crippen molar-refractivity contribution in [3.63, 3.8) is 0 Å². The van der Waals surface area contributed by atoms with Crippen molar-refractivity contribution in [3.8, 4) is 5.75 Å². The van der Waals surface area contributed by atoms with Crippen LogP contribution in [0.1, 0.15) is 34.9 Å². The van der Waals surface area contributed by atoms with Gasteiger partial charge in [0.05, 0.1) is 18.9 Å². The van der Waals surface area contributed by atoms with Gasteiger partial charge in [0, 0.05) is 16.8 Å². The van der Waals surface area contributed by atoms with Crippen LogP contribution in [0.3, 0.4) is 0 Å². The third kappa shape index (κ3) is 5.02. The first-order chi connectivity index (χ1) is 15.1. The number of aryl methyl sites for hydroxylation is 2. The SMILES string of the molecule is COc1cccc(C(CNC(=O)CSc2ncnc3sc(C)c(C)c23)N2CCCC2)c1. The number of thiophene rings is 1. The van der Waals surface area contributed by atoms with Gasteiger partial charge in [0.1, 0.15) is 21.9 Å². The Morgan fingerprint density at radius 3 is 2.87 bits per heavy atom. The van der Waals surface area contributed by atoms with Crippen LogP contribution in [-0.4, -0.2) is 53.3 Å². The third-order valence-electron chi connectivity index (χ3n) is 5.82. The molecule has 0 spiro atoms. The van der Waals surface area contributed by atoms with Crippen molar-refractivity contribution in [2.45, 2.75) is 37.8 Å². The fourth-order valence-corrected chi connectivity index (χ4v) is 5.96. The van der Waals surface area contributed by atoms with Gasteiger partial charge in [-0.05, 0) is 63.0 Å². The Labute approximate surface area is 191 Å². The first-order valence-electron chi connectivity index (χ1n) is 10.5. The molecule has 6 nitrogen and oxygen atoms in total. The second-order valence-corrected chi connectivity index (χ2v) is 9.94. The topological polar surface area (TPSA) is 67.3 Å². The van der Waals surface area contributed by atoms with Crippen LogP contribution in [0.25, 0.3) is 10.2 Å². The van der Waals surface area contributed by atoms with E-state index in [1.54, 1.807) is 24.8 Å². The molecule has 1 aromatic carbocycles. The van der Waals surface area contributed by atoms with Crippen LogP contribution in [0.2, 0.25) is 0 Å². The predicted octanol–water partition coefficient (Wildman–Crippen LogP) is 4.36. The van der Waals surface area contributed by atoms with E-state index in [2.05, 4.69) is 46.2 Å². The molecule has 0 saturated carbocycles. The van der Waals surface area contributed by atoms with Gasteiger partial charge < -0.3 is 10.1 Å². The number of hydrogen-bond donors (Lipinski definition) is 1. The molecule has 0 aliphatic carbocycles. The summed E-state index contributed by atoms with van der Waals surface area (Å²) in [4.78, 5) is 26.2. The molecule has 1 fully saturated rings. The molecular formula is C23H28N4O2S2. The molecule has 1 amide bonds. The first kappa shape index (κ1) is 22.0. The zero-order valence-electron chi connectivity index (χ0n) is 18.2. The number of nitrogens with one attached hydrogen (secondary N) is 1. The van der Waals surface area contributed by atoms with Gasteiger partial charge >= 0.3 is 0 Å². The number of benzene rings is 1. The predicted molar refractivity (Wildman–Crippen MR) is 127 cm³/mol. The quantitative estimate of drug-likeness (QED) is 0.401. The van der Waals surface area contributed by atoms with Gasteiger partial charge in [-0.1, -0.05) is 23.9 Å². The molecule has 1 aliphatic heterocycles. The van der Waals surface area contributed by atoms with Crippen molar-refractivity contribution in [1.29, 1.82) is 0 Å². The molecular weight excluding hydrogens is 428 g/mol. The Balaban J connectivity index is 1.41. The van der Waals surface area contributed by atoms with Gasteiger partial charge in [0.15, 0.2) is 0 Å². The lowest BCUT2D eigenvalue weighted by Gasteiger charge is -2.28. The summed E-state index contributed by atoms with van der Waals surface area (Å²) >= 11 is 3.16. The minimum Gasteiger partial charge on any atom is -0.497 e. The van der Waals surface area contributed by atoms with E-state index < -0.39 is 0 Å². The summed E-state index contributed by atoms with van der Waals surface area (Å²) in [5, 5.41) is 5.11. The zero-order valence-corrected chi connectivity index (χ0v) is 19.8. The molecule has 164 valence electrons. The van der Waals surface area contributed by atoms with Crippen LogP contribution in [0.5, 0.6) is 5.75 Å². The molecule has 31 heavy (non-hydrogen) atoms. The van der Waals surface area contributed by atoms with E-state index in [1.807, 2.05) is 12.1 Å². The highest BCUT2D eigenvalue weighted by atomic mass is 32.2. The minimum absolute atomic E-state index is 0.0217. The molecule has 1 aliphatic rings. The molecule has 1 atom stereocenters. The molecule has 8 heteroatoms. The van der Waals surface area contributed by atoms with Gasteiger partial charge in [-0.2, -0.15) is 0 Å². The molecule has 0 radical (unpaired) electrons. The minimum atomic E-state index is 0.0217. The van der Waals surface area contributed by atoms with Crippen molar-refractivity contribution in [2.24, 2.45) is 0 Å². The fraction of sp³-hybridized carbons (Fsp3) is 0.435. The number of carbonyl (C=O) groups excluding carboxylic acids is 1. The van der Waals surface area contributed by atoms with Crippen LogP contribution in [0.4, 0.5) is 0 Å². The summed E-state index contributed by atoms with van der Waals surface area (Å²) in [7, 11) is 1.68. The molecule has 3 aromatic rings. The summed E-state index contributed by atoms with van der Waals surface area (Å²) in [5.74, 6) is 1.21. The third-order valence-corrected chi connectivity index (χ3v) is 7.93. The molecule has 1 unspecified atom stereocenters. The van der Waals surface area contributed by atoms with Crippen LogP contribution in [0, 0.1) is 13.8 Å². The van der Waals surface area contributed by atoms with Gasteiger partial charge in [-0.15, -0.1) is 11.3 Å². The number of nitrogens with zero attached hydrogens (tertiary/aromatic N) is 3. The monoisotopic (exact) mass is 456 g/mol. The maximum Gasteiger partial charge on any atom is 0.230 e. The maximum absolute atomic E-state index is 12.7. The lowest BCUT2D eigenvalue weighted by molar-refractivity contribution is -0.118. The van der Waals surface area contributed by atoms with E-state index in [-0.39, 0.29) is 11.9 Å². The maximum atomic E-state index is 12.7. The van der Waals surface area contributed by atoms with E-state index in [1.165, 1.54) is 40.6 Å². The van der Waals surface area contributed by atoms with Crippen LogP contribution >= 0.6 is 23.1 Å². The number of hydrogen-bond acceptors (Lipinski definition) is 7. The number of methoxy groups -OCH3 is 1. The Hall–Kier alpha value is -2.16. The van der Waals surface area contributed by atoms with E-state index in [4.69, 9.17) is 4.74 Å². The van der Waals surface area contributed by atoms with E-state index in [0.717, 1.165) is 34.1 Å². The lowest BCUT2D eigenvalue weighted by atomic mass is 10.0. The highest BCUT2D eigenvalue weighted by molar-refractivity contribution is 8.00. The van der Waals surface area contributed by atoms with E-state index in [0.29, 0.717) is 12.3 Å². The number of aromatic nitrogens is 2. The average molecular weight is 457 g/mol. The largest absolute Gasteiger partial charge is 0.497 e. The Morgan fingerprint density at radius 1 is 1.29 bits per heavy atom. The van der Waals surface area contributed by atoms with Gasteiger partial charge in [0.25, 0.3) is 0 Å². The second-order valence-electron chi connectivity index (χ2n) is 7.77. The molecule has 1 saturated heterocycles. The Bertz CT molecular complexity index is 1060. The van der Waals surface area contributed by atoms with Crippen molar-refractivity contribution in [1.82, 2.24) is 20.2 Å². The molecule has 2 aromatic heterocycles. The average Bonchev–Trinajstić information content (AvgIpc) is 3.41. The van der Waals surface area contributed by atoms with Crippen molar-refractivity contribution in [2.75, 3.05) is 32.5 Å². The summed E-state index contributed by atoms with van der Waals surface area (Å²) < 4.78 is 5.41. The number of ether oxygens (including phenoxy) is 1. The Kier molecular flexibility index (Phi) is 7.09. The van der Waals surface area contributed by atoms with Gasteiger partial charge in [-0.3, -0.25) is 9.69 Å². The molecule has 0 bridgehead atoms. The molecule has 4 rings (SSSR count). The van der Waals surface area contributed by atoms with Crippen LogP contribution in [-0.2, 0) is 4.79 Å². The summed E-state index contributed by atoms with van der Waals surface area (Å²) in [6, 6.07) is 8.31. The number of carbonyl (C=O) groups is 1. The molecule has 1 N–H and O–H groups in total. The van der Waals surface area contributed by atoms with E-state index in [9.17, 15) is 4.79 Å². The fourth-order valence-electron chi connectivity index (χ4n) is 4.01. The summed E-state index contributed by atoms with van der Waals surface area (Å²) in [6.07, 6.45) is 3.99. The number of thioether (sulfide) groups is 1. The number of rotatable bonds is 8. The second kappa shape index (κ2) is 9.97. The van der Waals surface area contributed by atoms with Crippen molar-refractivity contribution in [3.05, 3.63) is 46.6 Å². The molecule has 3 heterocycles. The zero-order chi connectivity index (χ0) is 21.8. The smallest absolute Gasteiger partial charge is 0.230 e. The number of likely N-dealkylation sites (tertiary alicyclic amines) is 1. The van der Waals surface area contributed by atoms with Crippen molar-refractivity contribution < 1.29 is 9.53 Å². The summed E-state index contributed by atoms with van der Waals surface area (Å²) in [5.41, 5.74) is 2.38. The first-order valence-corrected chi connectivity index (χ1v) is 12.3.